The van der Waals surface area contributed by atoms with Crippen LogP contribution in [0.2, 0.25) is 5.02 Å². The highest BCUT2D eigenvalue weighted by molar-refractivity contribution is 6.30. The summed E-state index contributed by atoms with van der Waals surface area (Å²) in [6, 6.07) is 13.0. The molecule has 5 rings (SSSR count). The summed E-state index contributed by atoms with van der Waals surface area (Å²) in [4.78, 5) is 30.7. The molecule has 1 aliphatic rings. The van der Waals surface area contributed by atoms with Gasteiger partial charge in [0.15, 0.2) is 5.65 Å². The molecule has 0 N–H and O–H groups in total. The molecule has 0 radical (unpaired) electrons. The van der Waals surface area contributed by atoms with E-state index < -0.39 is 17.6 Å². The number of nitrogens with zero attached hydrogens (tertiary/aromatic N) is 4. The number of imide groups is 1. The van der Waals surface area contributed by atoms with Crippen molar-refractivity contribution in [2.24, 2.45) is 0 Å². The molecule has 2 amide bonds. The highest BCUT2D eigenvalue weighted by atomic mass is 35.5. The van der Waals surface area contributed by atoms with Crippen LogP contribution in [0.4, 0.5) is 4.39 Å². The van der Waals surface area contributed by atoms with Crippen LogP contribution in [-0.4, -0.2) is 38.5 Å². The van der Waals surface area contributed by atoms with E-state index in [9.17, 15) is 14.0 Å². The van der Waals surface area contributed by atoms with E-state index in [2.05, 4.69) is 10.1 Å². The van der Waals surface area contributed by atoms with E-state index in [1.807, 2.05) is 0 Å². The number of para-hydroxylation sites is 1. The Bertz CT molecular complexity index is 1330. The molecule has 0 aliphatic carbocycles. The zero-order chi connectivity index (χ0) is 20.3. The molecule has 0 spiro atoms. The molecule has 8 heteroatoms. The molecule has 0 atom stereocenters. The van der Waals surface area contributed by atoms with Gasteiger partial charge in [0.1, 0.15) is 17.2 Å². The van der Waals surface area contributed by atoms with E-state index in [-0.39, 0.29) is 22.5 Å². The second-order valence-corrected chi connectivity index (χ2v) is 7.07. The molecule has 0 unspecified atom stereocenters. The van der Waals surface area contributed by atoms with Gasteiger partial charge < -0.3 is 0 Å². The number of carbonyl (C=O) groups is 2. The summed E-state index contributed by atoms with van der Waals surface area (Å²) in [6.07, 6.45) is 1.34. The molecule has 2 aromatic carbocycles. The lowest BCUT2D eigenvalue weighted by atomic mass is 10.0. The molecule has 6 nitrogen and oxygen atoms in total. The first-order valence-electron chi connectivity index (χ1n) is 8.72. The van der Waals surface area contributed by atoms with Crippen LogP contribution >= 0.6 is 11.6 Å². The van der Waals surface area contributed by atoms with E-state index in [1.165, 1.54) is 24.0 Å². The van der Waals surface area contributed by atoms with Crippen molar-refractivity contribution in [1.29, 1.82) is 0 Å². The van der Waals surface area contributed by atoms with Crippen LogP contribution in [0.25, 0.3) is 28.0 Å². The van der Waals surface area contributed by atoms with Gasteiger partial charge >= 0.3 is 0 Å². The van der Waals surface area contributed by atoms with Crippen molar-refractivity contribution in [2.45, 2.75) is 0 Å². The molecule has 0 bridgehead atoms. The van der Waals surface area contributed by atoms with E-state index in [4.69, 9.17) is 11.6 Å². The maximum absolute atomic E-state index is 14.5. The molecule has 0 saturated carbocycles. The van der Waals surface area contributed by atoms with E-state index in [0.29, 0.717) is 21.7 Å². The molecule has 29 heavy (non-hydrogen) atoms. The van der Waals surface area contributed by atoms with Crippen LogP contribution in [0.5, 0.6) is 0 Å². The Balaban J connectivity index is 1.91. The largest absolute Gasteiger partial charge is 0.277 e. The number of carbonyl (C=O) groups excluding carboxylic acids is 2. The van der Waals surface area contributed by atoms with Gasteiger partial charge in [0.2, 0.25) is 0 Å². The lowest BCUT2D eigenvalue weighted by Crippen LogP contribution is -2.24. The van der Waals surface area contributed by atoms with Gasteiger partial charge in [0, 0.05) is 23.8 Å². The van der Waals surface area contributed by atoms with Gasteiger partial charge in [-0.2, -0.15) is 5.10 Å². The topological polar surface area (TPSA) is 68.1 Å². The first-order chi connectivity index (χ1) is 14.0. The van der Waals surface area contributed by atoms with Gasteiger partial charge in [0.25, 0.3) is 11.8 Å². The summed E-state index contributed by atoms with van der Waals surface area (Å²) in [6.45, 7) is 0. The van der Waals surface area contributed by atoms with Crippen molar-refractivity contribution in [2.75, 3.05) is 7.05 Å². The summed E-state index contributed by atoms with van der Waals surface area (Å²) < 4.78 is 15.9. The van der Waals surface area contributed by atoms with Crippen molar-refractivity contribution >= 4 is 34.4 Å². The Morgan fingerprint density at radius 2 is 1.72 bits per heavy atom. The number of pyridine rings is 1. The van der Waals surface area contributed by atoms with Gasteiger partial charge in [0.05, 0.1) is 16.5 Å². The zero-order valence-corrected chi connectivity index (χ0v) is 15.8. The van der Waals surface area contributed by atoms with Crippen LogP contribution in [0.15, 0.2) is 54.7 Å². The Morgan fingerprint density at radius 1 is 1.00 bits per heavy atom. The third kappa shape index (κ3) is 2.48. The van der Waals surface area contributed by atoms with Gasteiger partial charge in [-0.05, 0) is 24.3 Å². The van der Waals surface area contributed by atoms with Gasteiger partial charge in [-0.1, -0.05) is 35.9 Å². The minimum Gasteiger partial charge on any atom is -0.277 e. The van der Waals surface area contributed by atoms with E-state index >= 15 is 0 Å². The molecule has 1 aliphatic heterocycles. The number of hydrogen-bond acceptors (Lipinski definition) is 4. The number of rotatable bonds is 2. The minimum absolute atomic E-state index is 0.190. The fourth-order valence-electron chi connectivity index (χ4n) is 3.51. The number of halogens is 2. The van der Waals surface area contributed by atoms with Crippen molar-refractivity contribution in [3.8, 4) is 16.9 Å². The average Bonchev–Trinajstić information content (AvgIpc) is 3.21. The summed E-state index contributed by atoms with van der Waals surface area (Å²) in [5.74, 6) is -1.36. The number of fused-ring (bicyclic) bond motifs is 3. The number of benzene rings is 2. The monoisotopic (exact) mass is 406 g/mol. The van der Waals surface area contributed by atoms with Crippen LogP contribution in [0.1, 0.15) is 20.7 Å². The predicted octanol–water partition coefficient (Wildman–Crippen LogP) is 4.11. The third-order valence-electron chi connectivity index (χ3n) is 4.95. The van der Waals surface area contributed by atoms with Crippen molar-refractivity contribution in [3.05, 3.63) is 76.7 Å². The summed E-state index contributed by atoms with van der Waals surface area (Å²) in [5, 5.41) is 5.51. The molecular formula is C21H12ClFN4O2. The smallest absolute Gasteiger partial charge is 0.262 e. The second-order valence-electron chi connectivity index (χ2n) is 6.63. The molecule has 0 saturated heterocycles. The second kappa shape index (κ2) is 6.22. The van der Waals surface area contributed by atoms with Crippen LogP contribution in [0.3, 0.4) is 0 Å². The standard InChI is InChI=1S/C21H12ClFN4O2/c1-26-20(28)13-10-24-19-17(16(13)21(26)29)18(11-6-8-12(22)9-7-11)25-27(19)15-5-3-2-4-14(15)23/h2-10H,1H3. The molecule has 2 aromatic heterocycles. The first-order valence-corrected chi connectivity index (χ1v) is 9.10. The van der Waals surface area contributed by atoms with Crippen molar-refractivity contribution in [3.63, 3.8) is 0 Å². The van der Waals surface area contributed by atoms with Crippen LogP contribution in [0, 0.1) is 5.82 Å². The average molecular weight is 407 g/mol. The maximum atomic E-state index is 14.5. The first kappa shape index (κ1) is 17.5. The molecule has 142 valence electrons. The van der Waals surface area contributed by atoms with E-state index in [1.54, 1.807) is 42.5 Å². The Labute approximate surface area is 169 Å². The Morgan fingerprint density at radius 3 is 2.45 bits per heavy atom. The van der Waals surface area contributed by atoms with Crippen molar-refractivity contribution in [1.82, 2.24) is 19.7 Å². The fourth-order valence-corrected chi connectivity index (χ4v) is 3.64. The number of aromatic nitrogens is 3. The fraction of sp³-hybridized carbons (Fsp3) is 0.0476. The summed E-state index contributed by atoms with van der Waals surface area (Å²) >= 11 is 6.00. The summed E-state index contributed by atoms with van der Waals surface area (Å²) in [7, 11) is 1.42. The molecule has 3 heterocycles. The SMILES string of the molecule is CN1C(=O)c2cnc3c(c(-c4ccc(Cl)cc4)nn3-c3ccccc3F)c2C1=O. The molecule has 4 aromatic rings. The van der Waals surface area contributed by atoms with Crippen LogP contribution in [-0.2, 0) is 0 Å². The van der Waals surface area contributed by atoms with Gasteiger partial charge in [-0.3, -0.25) is 14.5 Å². The summed E-state index contributed by atoms with van der Waals surface area (Å²) in [5.41, 5.74) is 1.98. The normalized spacial score (nSPS) is 13.4. The molecular weight excluding hydrogens is 395 g/mol. The minimum atomic E-state index is -0.485. The Kier molecular flexibility index (Phi) is 3.75. The van der Waals surface area contributed by atoms with Crippen molar-refractivity contribution < 1.29 is 14.0 Å². The third-order valence-corrected chi connectivity index (χ3v) is 5.20. The van der Waals surface area contributed by atoms with Crippen LogP contribution < -0.4 is 0 Å². The maximum Gasteiger partial charge on any atom is 0.262 e. The quantitative estimate of drug-likeness (QED) is 0.470. The van der Waals surface area contributed by atoms with Gasteiger partial charge in [-0.25, -0.2) is 14.1 Å². The highest BCUT2D eigenvalue weighted by Gasteiger charge is 2.37. The zero-order valence-electron chi connectivity index (χ0n) is 15.1. The number of hydrogen-bond donors (Lipinski definition) is 0. The lowest BCUT2D eigenvalue weighted by Gasteiger charge is -2.04. The van der Waals surface area contributed by atoms with Gasteiger partial charge in [-0.15, -0.1) is 0 Å². The number of amides is 2. The lowest BCUT2D eigenvalue weighted by molar-refractivity contribution is 0.0693. The Hall–Kier alpha value is -3.58. The highest BCUT2D eigenvalue weighted by Crippen LogP contribution is 2.36. The predicted molar refractivity (Wildman–Crippen MR) is 106 cm³/mol. The van der Waals surface area contributed by atoms with E-state index in [0.717, 1.165) is 4.90 Å². The molecule has 0 fully saturated rings.